The molecule has 11 heteroatoms. The molecule has 0 aliphatic carbocycles. The Morgan fingerprint density at radius 3 is 1.97 bits per heavy atom. The molecule has 0 saturated heterocycles. The van der Waals surface area contributed by atoms with E-state index in [2.05, 4.69) is 19.4 Å². The van der Waals surface area contributed by atoms with Crippen molar-refractivity contribution in [1.29, 1.82) is 0 Å². The van der Waals surface area contributed by atoms with Gasteiger partial charge in [-0.15, -0.1) is 0 Å². The highest BCUT2D eigenvalue weighted by Crippen LogP contribution is 2.21. The number of aryl methyl sites for hydroxylation is 1. The van der Waals surface area contributed by atoms with Crippen LogP contribution in [-0.4, -0.2) is 33.4 Å². The first-order valence-corrected chi connectivity index (χ1v) is 11.8. The Bertz CT molecular complexity index is 1230. The molecule has 1 heterocycles. The third-order valence-corrected chi connectivity index (χ3v) is 6.64. The van der Waals surface area contributed by atoms with E-state index >= 15 is 0 Å². The summed E-state index contributed by atoms with van der Waals surface area (Å²) >= 11 is 0. The van der Waals surface area contributed by atoms with Gasteiger partial charge >= 0.3 is 0 Å². The van der Waals surface area contributed by atoms with Gasteiger partial charge in [0.15, 0.2) is 0 Å². The Labute approximate surface area is 175 Å². The van der Waals surface area contributed by atoms with Crippen molar-refractivity contribution in [3.63, 3.8) is 0 Å². The summed E-state index contributed by atoms with van der Waals surface area (Å²) in [6.07, 6.45) is 1.44. The van der Waals surface area contributed by atoms with Gasteiger partial charge in [-0.1, -0.05) is 0 Å². The van der Waals surface area contributed by atoms with Crippen molar-refractivity contribution in [2.24, 2.45) is 0 Å². The highest BCUT2D eigenvalue weighted by molar-refractivity contribution is 7.93. The summed E-state index contributed by atoms with van der Waals surface area (Å²) < 4.78 is 60.1. The van der Waals surface area contributed by atoms with E-state index in [0.29, 0.717) is 18.2 Å². The number of nitrogens with one attached hydrogen (secondary N) is 2. The van der Waals surface area contributed by atoms with Crippen molar-refractivity contribution < 1.29 is 21.6 Å². The maximum Gasteiger partial charge on any atom is 0.263 e. The van der Waals surface area contributed by atoms with Gasteiger partial charge in [-0.3, -0.25) is 9.44 Å². The number of hydrogen-bond acceptors (Lipinski definition) is 7. The second kappa shape index (κ2) is 8.67. The Kier molecular flexibility index (Phi) is 6.22. The van der Waals surface area contributed by atoms with Crippen LogP contribution in [0.2, 0.25) is 0 Å². The summed E-state index contributed by atoms with van der Waals surface area (Å²) in [7, 11) is -7.72. The minimum atomic E-state index is -3.88. The van der Waals surface area contributed by atoms with Crippen LogP contribution >= 0.6 is 0 Å². The molecule has 0 atom stereocenters. The largest absolute Gasteiger partial charge is 0.494 e. The summed E-state index contributed by atoms with van der Waals surface area (Å²) in [6, 6.07) is 12.8. The van der Waals surface area contributed by atoms with Crippen LogP contribution < -0.4 is 14.2 Å². The van der Waals surface area contributed by atoms with E-state index in [1.54, 1.807) is 19.1 Å². The van der Waals surface area contributed by atoms with Gasteiger partial charge in [-0.2, -0.15) is 0 Å². The van der Waals surface area contributed by atoms with Crippen LogP contribution in [0.4, 0.5) is 11.5 Å². The van der Waals surface area contributed by atoms with Crippen LogP contribution in [0, 0.1) is 6.92 Å². The number of hydrogen-bond donors (Lipinski definition) is 2. The zero-order chi connectivity index (χ0) is 21.8. The van der Waals surface area contributed by atoms with E-state index in [1.165, 1.54) is 48.7 Å². The van der Waals surface area contributed by atoms with E-state index < -0.39 is 20.0 Å². The van der Waals surface area contributed by atoms with E-state index in [9.17, 15) is 16.8 Å². The highest BCUT2D eigenvalue weighted by atomic mass is 32.2. The summed E-state index contributed by atoms with van der Waals surface area (Å²) in [5.74, 6) is 1.13. The molecule has 0 saturated carbocycles. The van der Waals surface area contributed by atoms with Crippen LogP contribution in [0.1, 0.15) is 12.7 Å². The average Bonchev–Trinajstić information content (AvgIpc) is 2.68. The van der Waals surface area contributed by atoms with Gasteiger partial charge in [-0.25, -0.2) is 26.8 Å². The molecule has 3 aromatic rings. The molecule has 0 spiro atoms. The zero-order valence-corrected chi connectivity index (χ0v) is 17.9. The van der Waals surface area contributed by atoms with Crippen molar-refractivity contribution >= 4 is 31.6 Å². The smallest absolute Gasteiger partial charge is 0.263 e. The minimum Gasteiger partial charge on any atom is -0.494 e. The van der Waals surface area contributed by atoms with Gasteiger partial charge in [0.2, 0.25) is 0 Å². The molecule has 0 aliphatic rings. The summed E-state index contributed by atoms with van der Waals surface area (Å²) in [4.78, 5) is 7.93. The first kappa shape index (κ1) is 21.5. The van der Waals surface area contributed by atoms with E-state index in [4.69, 9.17) is 4.74 Å². The molecule has 0 unspecified atom stereocenters. The van der Waals surface area contributed by atoms with Crippen LogP contribution in [0.5, 0.6) is 5.75 Å². The molecule has 0 radical (unpaired) electrons. The average molecular weight is 449 g/mol. The molecule has 0 aliphatic heterocycles. The van der Waals surface area contributed by atoms with E-state index in [-0.39, 0.29) is 21.3 Å². The van der Waals surface area contributed by atoms with Crippen molar-refractivity contribution in [1.82, 2.24) is 9.97 Å². The predicted molar refractivity (Wildman–Crippen MR) is 112 cm³/mol. The third-order valence-electron chi connectivity index (χ3n) is 3.88. The molecular weight excluding hydrogens is 428 g/mol. The molecule has 0 bridgehead atoms. The minimum absolute atomic E-state index is 0.0391. The van der Waals surface area contributed by atoms with Gasteiger partial charge in [0.1, 0.15) is 17.4 Å². The maximum absolute atomic E-state index is 12.5. The maximum atomic E-state index is 12.5. The standard InChI is InChI=1S/C19H20N4O5S2/c1-3-28-16-6-10-18(11-7-16)29(24,25)22-15-4-8-17(9-5-15)30(26,27)23-19-12-13-20-14(2)21-19/h4-13,22H,3H2,1-2H3,(H,20,21,23). The number of anilines is 2. The second-order valence-corrected chi connectivity index (χ2v) is 9.49. The zero-order valence-electron chi connectivity index (χ0n) is 16.2. The predicted octanol–water partition coefficient (Wildman–Crippen LogP) is 2.79. The number of benzene rings is 2. The first-order chi connectivity index (χ1) is 14.2. The van der Waals surface area contributed by atoms with Crippen molar-refractivity contribution in [2.45, 2.75) is 23.6 Å². The first-order valence-electron chi connectivity index (χ1n) is 8.88. The van der Waals surface area contributed by atoms with Gasteiger partial charge < -0.3 is 4.74 Å². The SMILES string of the molecule is CCOc1ccc(S(=O)(=O)Nc2ccc(S(=O)(=O)Nc3ccnc(C)n3)cc2)cc1. The van der Waals surface area contributed by atoms with E-state index in [1.807, 2.05) is 6.92 Å². The number of sulfonamides is 2. The Balaban J connectivity index is 1.74. The fourth-order valence-electron chi connectivity index (χ4n) is 2.51. The molecular formula is C19H20N4O5S2. The van der Waals surface area contributed by atoms with Crippen molar-refractivity contribution in [3.05, 3.63) is 66.6 Å². The fraction of sp³-hybridized carbons (Fsp3) is 0.158. The molecule has 2 N–H and O–H groups in total. The third kappa shape index (κ3) is 5.24. The monoisotopic (exact) mass is 448 g/mol. The van der Waals surface area contributed by atoms with E-state index in [0.717, 1.165) is 0 Å². The Hall–Kier alpha value is -3.18. The lowest BCUT2D eigenvalue weighted by Gasteiger charge is -2.11. The molecule has 9 nitrogen and oxygen atoms in total. The second-order valence-electron chi connectivity index (χ2n) is 6.13. The van der Waals surface area contributed by atoms with Crippen LogP contribution in [0.15, 0.2) is 70.6 Å². The Morgan fingerprint density at radius 2 is 1.40 bits per heavy atom. The van der Waals surface area contributed by atoms with Gasteiger partial charge in [0.25, 0.3) is 20.0 Å². The van der Waals surface area contributed by atoms with Crippen molar-refractivity contribution in [2.75, 3.05) is 16.1 Å². The van der Waals surface area contributed by atoms with Gasteiger partial charge in [-0.05, 0) is 68.4 Å². The Morgan fingerprint density at radius 1 is 0.833 bits per heavy atom. The van der Waals surface area contributed by atoms with Gasteiger partial charge in [0, 0.05) is 11.9 Å². The molecule has 3 rings (SSSR count). The summed E-state index contributed by atoms with van der Waals surface area (Å²) in [6.45, 7) is 3.95. The van der Waals surface area contributed by atoms with Crippen LogP contribution in [0.3, 0.4) is 0 Å². The number of nitrogens with zero attached hydrogens (tertiary/aromatic N) is 2. The topological polar surface area (TPSA) is 127 Å². The molecule has 0 fully saturated rings. The molecule has 2 aromatic carbocycles. The van der Waals surface area contributed by atoms with Crippen LogP contribution in [0.25, 0.3) is 0 Å². The lowest BCUT2D eigenvalue weighted by molar-refractivity contribution is 0.340. The summed E-state index contributed by atoms with van der Waals surface area (Å²) in [5.41, 5.74) is 0.223. The molecule has 0 amide bonds. The summed E-state index contributed by atoms with van der Waals surface area (Å²) in [5, 5.41) is 0. The molecule has 30 heavy (non-hydrogen) atoms. The number of aromatic nitrogens is 2. The molecule has 158 valence electrons. The molecule has 1 aromatic heterocycles. The lowest BCUT2D eigenvalue weighted by atomic mass is 10.3. The quantitative estimate of drug-likeness (QED) is 0.542. The van der Waals surface area contributed by atoms with Crippen LogP contribution in [-0.2, 0) is 20.0 Å². The normalized spacial score (nSPS) is 11.7. The number of rotatable bonds is 8. The number of ether oxygens (including phenoxy) is 1. The highest BCUT2D eigenvalue weighted by Gasteiger charge is 2.17. The lowest BCUT2D eigenvalue weighted by Crippen LogP contribution is -2.15. The van der Waals surface area contributed by atoms with Crippen molar-refractivity contribution in [3.8, 4) is 5.75 Å². The fourth-order valence-corrected chi connectivity index (χ4v) is 4.57. The van der Waals surface area contributed by atoms with Gasteiger partial charge in [0.05, 0.1) is 16.4 Å².